The number of nitrogens with zero attached hydrogens (tertiary/aromatic N) is 2. The van der Waals surface area contributed by atoms with E-state index < -0.39 is 6.04 Å². The lowest BCUT2D eigenvalue weighted by atomic mass is 10.1. The van der Waals surface area contributed by atoms with Gasteiger partial charge >= 0.3 is 0 Å². The summed E-state index contributed by atoms with van der Waals surface area (Å²) in [6.07, 6.45) is 1.71. The lowest BCUT2D eigenvalue weighted by Crippen LogP contribution is -2.31. The number of benzene rings is 2. The number of carbonyl (C=O) groups is 1. The van der Waals surface area contributed by atoms with Crippen LogP contribution in [0.15, 0.2) is 66.9 Å². The van der Waals surface area contributed by atoms with Crippen molar-refractivity contribution in [3.8, 4) is 5.69 Å². The highest BCUT2D eigenvalue weighted by molar-refractivity contribution is 5.95. The van der Waals surface area contributed by atoms with E-state index in [1.54, 1.807) is 17.8 Å². The highest BCUT2D eigenvalue weighted by atomic mass is 16.3. The molecule has 1 aromatic heterocycles. The molecule has 2 aromatic carbocycles. The van der Waals surface area contributed by atoms with E-state index in [2.05, 4.69) is 10.4 Å². The molecule has 3 rings (SSSR count). The summed E-state index contributed by atoms with van der Waals surface area (Å²) >= 11 is 0. The van der Waals surface area contributed by atoms with Crippen LogP contribution in [-0.2, 0) is 0 Å². The maximum atomic E-state index is 12.6. The Morgan fingerprint density at radius 3 is 2.38 bits per heavy atom. The largest absolute Gasteiger partial charge is 0.394 e. The smallest absolute Gasteiger partial charge is 0.255 e. The molecule has 1 heterocycles. The van der Waals surface area contributed by atoms with Crippen molar-refractivity contribution in [1.82, 2.24) is 15.1 Å². The lowest BCUT2D eigenvalue weighted by molar-refractivity contribution is 0.0915. The highest BCUT2D eigenvalue weighted by Gasteiger charge is 2.18. The zero-order chi connectivity index (χ0) is 16.9. The molecule has 0 aliphatic rings. The third-order valence-electron chi connectivity index (χ3n) is 3.85. The van der Waals surface area contributed by atoms with Crippen molar-refractivity contribution < 1.29 is 9.90 Å². The minimum Gasteiger partial charge on any atom is -0.394 e. The van der Waals surface area contributed by atoms with Gasteiger partial charge in [-0.25, -0.2) is 4.68 Å². The molecule has 0 spiro atoms. The maximum absolute atomic E-state index is 12.6. The molecular formula is C19H19N3O2. The molecule has 1 atom stereocenters. The topological polar surface area (TPSA) is 67.2 Å². The molecule has 0 saturated heterocycles. The Balaban J connectivity index is 1.81. The van der Waals surface area contributed by atoms with Crippen LogP contribution in [0.2, 0.25) is 0 Å². The Morgan fingerprint density at radius 1 is 1.12 bits per heavy atom. The SMILES string of the molecule is Cc1nn(-c2ccccc2)cc1C(=O)N[C@@H](CO)c1ccccc1. The third-order valence-corrected chi connectivity index (χ3v) is 3.85. The Kier molecular flexibility index (Phi) is 4.72. The second-order valence-electron chi connectivity index (χ2n) is 5.53. The van der Waals surface area contributed by atoms with Gasteiger partial charge in [-0.15, -0.1) is 0 Å². The van der Waals surface area contributed by atoms with Gasteiger partial charge in [0.15, 0.2) is 0 Å². The zero-order valence-electron chi connectivity index (χ0n) is 13.4. The van der Waals surface area contributed by atoms with Gasteiger partial charge in [0, 0.05) is 6.20 Å². The van der Waals surface area contributed by atoms with Crippen LogP contribution in [0.5, 0.6) is 0 Å². The maximum Gasteiger partial charge on any atom is 0.255 e. The number of hydrogen-bond donors (Lipinski definition) is 2. The molecule has 3 aromatic rings. The molecule has 0 aliphatic heterocycles. The average Bonchev–Trinajstić information content (AvgIpc) is 3.03. The number of aryl methyl sites for hydroxylation is 1. The summed E-state index contributed by atoms with van der Waals surface area (Å²) in [6.45, 7) is 1.63. The molecule has 0 unspecified atom stereocenters. The second kappa shape index (κ2) is 7.10. The zero-order valence-corrected chi connectivity index (χ0v) is 13.4. The van der Waals surface area contributed by atoms with Gasteiger partial charge in [-0.2, -0.15) is 5.10 Å². The molecule has 2 N–H and O–H groups in total. The molecular weight excluding hydrogens is 302 g/mol. The Hall–Kier alpha value is -2.92. The van der Waals surface area contributed by atoms with E-state index >= 15 is 0 Å². The number of rotatable bonds is 5. The fraction of sp³-hybridized carbons (Fsp3) is 0.158. The molecule has 1 amide bonds. The van der Waals surface area contributed by atoms with Crippen LogP contribution < -0.4 is 5.32 Å². The molecule has 0 aliphatic carbocycles. The number of aromatic nitrogens is 2. The molecule has 0 fully saturated rings. The predicted octanol–water partition coefficient (Wildman–Crippen LogP) is 2.64. The molecule has 0 radical (unpaired) electrons. The van der Waals surface area contributed by atoms with Crippen molar-refractivity contribution in [2.75, 3.05) is 6.61 Å². The quantitative estimate of drug-likeness (QED) is 0.759. The normalized spacial score (nSPS) is 11.9. The molecule has 5 nitrogen and oxygen atoms in total. The molecule has 122 valence electrons. The molecule has 5 heteroatoms. The van der Waals surface area contributed by atoms with Gasteiger partial charge in [0.1, 0.15) is 0 Å². The number of aliphatic hydroxyl groups is 1. The van der Waals surface area contributed by atoms with Gasteiger partial charge in [0.25, 0.3) is 5.91 Å². The summed E-state index contributed by atoms with van der Waals surface area (Å²) in [6, 6.07) is 18.6. The monoisotopic (exact) mass is 321 g/mol. The van der Waals surface area contributed by atoms with E-state index in [4.69, 9.17) is 0 Å². The van der Waals surface area contributed by atoms with E-state index in [0.717, 1.165) is 11.3 Å². The number of para-hydroxylation sites is 1. The summed E-state index contributed by atoms with van der Waals surface area (Å²) in [7, 11) is 0. The molecule has 24 heavy (non-hydrogen) atoms. The molecule has 0 bridgehead atoms. The van der Waals surface area contributed by atoms with Crippen LogP contribution in [0, 0.1) is 6.92 Å². The van der Waals surface area contributed by atoms with Crippen molar-refractivity contribution in [3.63, 3.8) is 0 Å². The van der Waals surface area contributed by atoms with Crippen molar-refractivity contribution in [2.24, 2.45) is 0 Å². The summed E-state index contributed by atoms with van der Waals surface area (Å²) in [5.74, 6) is -0.252. The van der Waals surface area contributed by atoms with Gasteiger partial charge < -0.3 is 10.4 Å². The summed E-state index contributed by atoms with van der Waals surface area (Å²) < 4.78 is 1.68. The second-order valence-corrected chi connectivity index (χ2v) is 5.53. The Bertz CT molecular complexity index is 813. The minimum absolute atomic E-state index is 0.165. The number of aliphatic hydroxyl groups excluding tert-OH is 1. The van der Waals surface area contributed by atoms with E-state index in [9.17, 15) is 9.90 Å². The van der Waals surface area contributed by atoms with Crippen LogP contribution in [0.4, 0.5) is 0 Å². The van der Waals surface area contributed by atoms with E-state index in [0.29, 0.717) is 11.3 Å². The van der Waals surface area contributed by atoms with Gasteiger partial charge in [-0.05, 0) is 24.6 Å². The fourth-order valence-electron chi connectivity index (χ4n) is 2.55. The fourth-order valence-corrected chi connectivity index (χ4v) is 2.55. The first-order valence-corrected chi connectivity index (χ1v) is 7.77. The number of amides is 1. The van der Waals surface area contributed by atoms with Crippen molar-refractivity contribution in [2.45, 2.75) is 13.0 Å². The van der Waals surface area contributed by atoms with E-state index in [1.165, 1.54) is 0 Å². The number of hydrogen-bond acceptors (Lipinski definition) is 3. The van der Waals surface area contributed by atoms with Crippen molar-refractivity contribution >= 4 is 5.91 Å². The van der Waals surface area contributed by atoms with Gasteiger partial charge in [0.05, 0.1) is 29.6 Å². The van der Waals surface area contributed by atoms with Crippen LogP contribution >= 0.6 is 0 Å². The van der Waals surface area contributed by atoms with Crippen molar-refractivity contribution in [3.05, 3.63) is 83.7 Å². The number of carbonyl (C=O) groups excluding carboxylic acids is 1. The first kappa shape index (κ1) is 16.0. The summed E-state index contributed by atoms with van der Waals surface area (Å²) in [5, 5.41) is 16.9. The Morgan fingerprint density at radius 2 is 1.75 bits per heavy atom. The number of nitrogens with one attached hydrogen (secondary N) is 1. The minimum atomic E-state index is -0.446. The predicted molar refractivity (Wildman–Crippen MR) is 92.0 cm³/mol. The standard InChI is InChI=1S/C19H19N3O2/c1-14-17(12-22(21-14)16-10-6-3-7-11-16)19(24)20-18(13-23)15-8-4-2-5-9-15/h2-12,18,23H,13H2,1H3,(H,20,24)/t18-/m0/s1. The van der Waals surface area contributed by atoms with Crippen LogP contribution in [0.1, 0.15) is 27.7 Å². The van der Waals surface area contributed by atoms with E-state index in [1.807, 2.05) is 60.7 Å². The summed E-state index contributed by atoms with van der Waals surface area (Å²) in [4.78, 5) is 12.6. The van der Waals surface area contributed by atoms with Gasteiger partial charge in [-0.1, -0.05) is 48.5 Å². The first-order valence-electron chi connectivity index (χ1n) is 7.77. The van der Waals surface area contributed by atoms with Crippen LogP contribution in [-0.4, -0.2) is 27.4 Å². The van der Waals surface area contributed by atoms with Crippen molar-refractivity contribution in [1.29, 1.82) is 0 Å². The third kappa shape index (κ3) is 3.36. The first-order chi connectivity index (χ1) is 11.7. The summed E-state index contributed by atoms with van der Waals surface area (Å²) in [5.41, 5.74) is 2.89. The lowest BCUT2D eigenvalue weighted by Gasteiger charge is -2.16. The molecule has 0 saturated carbocycles. The van der Waals surface area contributed by atoms with Crippen LogP contribution in [0.3, 0.4) is 0 Å². The van der Waals surface area contributed by atoms with Gasteiger partial charge in [0.2, 0.25) is 0 Å². The Labute approximate surface area is 140 Å². The van der Waals surface area contributed by atoms with Crippen LogP contribution in [0.25, 0.3) is 5.69 Å². The van der Waals surface area contributed by atoms with E-state index in [-0.39, 0.29) is 12.5 Å². The highest BCUT2D eigenvalue weighted by Crippen LogP contribution is 2.15. The van der Waals surface area contributed by atoms with Gasteiger partial charge in [-0.3, -0.25) is 4.79 Å². The average molecular weight is 321 g/mol.